The van der Waals surface area contributed by atoms with Crippen molar-refractivity contribution in [3.63, 3.8) is 0 Å². The van der Waals surface area contributed by atoms with Crippen LogP contribution in [-0.2, 0) is 19.1 Å². The molecule has 0 aromatic heterocycles. The van der Waals surface area contributed by atoms with Gasteiger partial charge in [-0.2, -0.15) is 0 Å². The van der Waals surface area contributed by atoms with Crippen molar-refractivity contribution in [1.29, 1.82) is 0 Å². The highest BCUT2D eigenvalue weighted by molar-refractivity contribution is 5.98. The predicted octanol–water partition coefficient (Wildman–Crippen LogP) is 3.97. The van der Waals surface area contributed by atoms with Crippen LogP contribution in [0, 0.1) is 34.5 Å². The van der Waals surface area contributed by atoms with Gasteiger partial charge < -0.3 is 15.0 Å². The first-order valence-corrected chi connectivity index (χ1v) is 12.9. The summed E-state index contributed by atoms with van der Waals surface area (Å²) in [5, 5.41) is 3.22. The number of fused-ring (bicyclic) bond motifs is 1. The van der Waals surface area contributed by atoms with E-state index in [9.17, 15) is 14.4 Å². The number of carbonyl (C=O) groups is 3. The van der Waals surface area contributed by atoms with Gasteiger partial charge in [-0.25, -0.2) is 0 Å². The Kier molecular flexibility index (Phi) is 5.90. The zero-order valence-electron chi connectivity index (χ0n) is 19.9. The summed E-state index contributed by atoms with van der Waals surface area (Å²) in [5.41, 5.74) is -0.105. The summed E-state index contributed by atoms with van der Waals surface area (Å²) in [6, 6.07) is 0. The lowest BCUT2D eigenvalue weighted by atomic mass is 9.49. The van der Waals surface area contributed by atoms with Crippen molar-refractivity contribution in [3.05, 3.63) is 24.4 Å². The second kappa shape index (κ2) is 8.59. The number of hydrogen-bond donors (Lipinski definition) is 1. The first-order chi connectivity index (χ1) is 15.9. The van der Waals surface area contributed by atoms with Crippen molar-refractivity contribution in [1.82, 2.24) is 10.2 Å². The zero-order valence-corrected chi connectivity index (χ0v) is 19.9. The Balaban J connectivity index is 1.34. The maximum Gasteiger partial charge on any atom is 0.318 e. The van der Waals surface area contributed by atoms with Crippen LogP contribution in [0.1, 0.15) is 70.6 Å². The minimum atomic E-state index is -1.07. The Morgan fingerprint density at radius 2 is 1.85 bits per heavy atom. The smallest absolute Gasteiger partial charge is 0.318 e. The van der Waals surface area contributed by atoms with E-state index in [2.05, 4.69) is 11.9 Å². The van der Waals surface area contributed by atoms with E-state index >= 15 is 0 Å². The van der Waals surface area contributed by atoms with E-state index in [4.69, 9.17) is 4.74 Å². The number of hydrogen-bond acceptors (Lipinski definition) is 4. The maximum absolute atomic E-state index is 13.5. The quantitative estimate of drug-likeness (QED) is 0.467. The molecule has 0 spiro atoms. The van der Waals surface area contributed by atoms with Gasteiger partial charge in [0.1, 0.15) is 5.41 Å². The highest BCUT2D eigenvalue weighted by Gasteiger charge is 2.61. The first kappa shape index (κ1) is 22.7. The van der Waals surface area contributed by atoms with Crippen LogP contribution in [-0.4, -0.2) is 42.9 Å². The Hall–Kier alpha value is -2.11. The fourth-order valence-electron chi connectivity index (χ4n) is 8.48. The number of allylic oxidation sites excluding steroid dienone is 1. The van der Waals surface area contributed by atoms with Crippen molar-refractivity contribution in [2.24, 2.45) is 34.5 Å². The molecule has 0 aromatic rings. The number of nitrogens with one attached hydrogen (secondary N) is 1. The van der Waals surface area contributed by atoms with Gasteiger partial charge in [0.05, 0.1) is 13.0 Å². The average molecular weight is 455 g/mol. The molecule has 1 saturated heterocycles. The van der Waals surface area contributed by atoms with Crippen LogP contribution in [0.5, 0.6) is 0 Å². The third-order valence-electron chi connectivity index (χ3n) is 9.35. The monoisotopic (exact) mass is 454 g/mol. The number of esters is 1. The lowest BCUT2D eigenvalue weighted by molar-refractivity contribution is -0.155. The van der Waals surface area contributed by atoms with Crippen molar-refractivity contribution in [2.45, 2.75) is 70.6 Å². The molecule has 0 radical (unpaired) electrons. The minimum Gasteiger partial charge on any atom is -0.468 e. The van der Waals surface area contributed by atoms with Crippen LogP contribution in [0.4, 0.5) is 0 Å². The fraction of sp³-hybridized carbons (Fsp3) is 0.741. The normalized spacial score (nSPS) is 39.0. The van der Waals surface area contributed by atoms with Crippen LogP contribution in [0.2, 0.25) is 0 Å². The second-order valence-corrected chi connectivity index (χ2v) is 11.5. The molecular weight excluding hydrogens is 416 g/mol. The Bertz CT molecular complexity index is 842. The zero-order chi connectivity index (χ0) is 23.2. The fourth-order valence-corrected chi connectivity index (χ4v) is 8.48. The molecule has 6 nitrogen and oxygen atoms in total. The molecule has 1 aliphatic heterocycles. The van der Waals surface area contributed by atoms with Gasteiger partial charge in [-0.05, 0) is 81.0 Å². The number of ether oxygens (including phenoxy) is 1. The number of nitrogens with zero attached hydrogens (tertiary/aromatic N) is 1. The molecule has 0 aromatic carbocycles. The van der Waals surface area contributed by atoms with Gasteiger partial charge in [0.2, 0.25) is 11.8 Å². The summed E-state index contributed by atoms with van der Waals surface area (Å²) in [7, 11) is 1.38. The van der Waals surface area contributed by atoms with E-state index in [0.717, 1.165) is 42.7 Å². The van der Waals surface area contributed by atoms with E-state index in [1.165, 1.54) is 45.6 Å². The maximum atomic E-state index is 13.5. The van der Waals surface area contributed by atoms with Crippen LogP contribution in [0.3, 0.4) is 0 Å². The van der Waals surface area contributed by atoms with Gasteiger partial charge in [0.25, 0.3) is 0 Å². The number of amides is 2. The summed E-state index contributed by atoms with van der Waals surface area (Å²) in [5.74, 6) is 1.12. The van der Waals surface area contributed by atoms with E-state index in [1.54, 1.807) is 11.0 Å². The molecule has 1 N–H and O–H groups in total. The summed E-state index contributed by atoms with van der Waals surface area (Å²) < 4.78 is 5.24. The first-order valence-electron chi connectivity index (χ1n) is 12.9. The Morgan fingerprint density at radius 1 is 1.18 bits per heavy atom. The van der Waals surface area contributed by atoms with E-state index in [1.807, 2.05) is 6.08 Å². The Labute approximate surface area is 197 Å². The van der Waals surface area contributed by atoms with Gasteiger partial charge in [0.15, 0.2) is 0 Å². The summed E-state index contributed by atoms with van der Waals surface area (Å²) in [6.45, 7) is 4.85. The number of rotatable bonds is 7. The van der Waals surface area contributed by atoms with Gasteiger partial charge in [0, 0.05) is 25.2 Å². The molecule has 6 aliphatic rings. The molecule has 1 heterocycles. The van der Waals surface area contributed by atoms with E-state index < -0.39 is 17.3 Å². The predicted molar refractivity (Wildman–Crippen MR) is 125 cm³/mol. The second-order valence-electron chi connectivity index (χ2n) is 11.5. The van der Waals surface area contributed by atoms with Gasteiger partial charge in [-0.15, -0.1) is 6.58 Å². The lowest BCUT2D eigenvalue weighted by Crippen LogP contribution is -2.51. The van der Waals surface area contributed by atoms with Gasteiger partial charge in [-0.3, -0.25) is 14.4 Å². The molecule has 0 unspecified atom stereocenters. The molecule has 2 amide bonds. The topological polar surface area (TPSA) is 75.7 Å². The molecule has 4 saturated carbocycles. The van der Waals surface area contributed by atoms with Gasteiger partial charge >= 0.3 is 5.97 Å². The van der Waals surface area contributed by atoms with Crippen molar-refractivity contribution in [3.8, 4) is 0 Å². The lowest BCUT2D eigenvalue weighted by Gasteiger charge is -2.56. The van der Waals surface area contributed by atoms with Crippen molar-refractivity contribution in [2.75, 3.05) is 20.2 Å². The molecule has 180 valence electrons. The molecule has 4 bridgehead atoms. The number of methoxy groups -OCH3 is 1. The largest absolute Gasteiger partial charge is 0.468 e. The number of carbonyl (C=O) groups excluding carboxylic acids is 3. The average Bonchev–Trinajstić information content (AvgIpc) is 2.92. The molecule has 33 heavy (non-hydrogen) atoms. The standard InChI is InChI=1S/C27H38N2O4/c1-3-9-29-22-7-5-4-6-8-27(22,25(32)33-2)21(24(29)31)13-23(30)28-17-26-14-18-10-19(15-26)12-20(11-18)16-26/h3,7,18-21H,1,4-6,8-17H2,2H3,(H,28,30)/t18?,19?,20?,21-,26?,27-/m0/s1. The molecule has 5 fully saturated rings. The molecule has 6 heteroatoms. The molecule has 6 rings (SSSR count). The third kappa shape index (κ3) is 3.74. The summed E-state index contributed by atoms with van der Waals surface area (Å²) in [4.78, 5) is 41.6. The molecule has 5 aliphatic carbocycles. The highest BCUT2D eigenvalue weighted by Crippen LogP contribution is 2.60. The highest BCUT2D eigenvalue weighted by atomic mass is 16.5. The number of likely N-dealkylation sites (tertiary alicyclic amines) is 1. The van der Waals surface area contributed by atoms with Crippen LogP contribution >= 0.6 is 0 Å². The molecular formula is C27H38N2O4. The summed E-state index contributed by atoms with van der Waals surface area (Å²) >= 11 is 0. The van der Waals surface area contributed by atoms with Crippen molar-refractivity contribution >= 4 is 17.8 Å². The SMILES string of the molecule is C=CCN1C(=O)[C@H](CC(=O)NCC23CC4CC(CC(C4)C2)C3)[C@@]2(C(=O)OC)CCCCC=C12. The third-order valence-corrected chi connectivity index (χ3v) is 9.35. The van der Waals surface area contributed by atoms with E-state index in [-0.39, 0.29) is 23.7 Å². The van der Waals surface area contributed by atoms with Crippen LogP contribution in [0.15, 0.2) is 24.4 Å². The summed E-state index contributed by atoms with van der Waals surface area (Å²) in [6.07, 6.45) is 14.7. The molecule has 2 atom stereocenters. The van der Waals surface area contributed by atoms with Gasteiger partial charge in [-0.1, -0.05) is 18.6 Å². The van der Waals surface area contributed by atoms with Crippen LogP contribution < -0.4 is 5.32 Å². The van der Waals surface area contributed by atoms with Crippen molar-refractivity contribution < 1.29 is 19.1 Å². The van der Waals surface area contributed by atoms with Crippen LogP contribution in [0.25, 0.3) is 0 Å². The van der Waals surface area contributed by atoms with E-state index in [0.29, 0.717) is 19.5 Å². The Morgan fingerprint density at radius 3 is 2.45 bits per heavy atom. The minimum absolute atomic E-state index is 0.0330.